The van der Waals surface area contributed by atoms with E-state index in [9.17, 15) is 13.2 Å². The van der Waals surface area contributed by atoms with E-state index < -0.39 is 15.7 Å². The molecular weight excluding hydrogens is 420 g/mol. The quantitative estimate of drug-likeness (QED) is 0.491. The van der Waals surface area contributed by atoms with Crippen molar-refractivity contribution < 1.29 is 13.2 Å². The zero-order chi connectivity index (χ0) is 21.3. The van der Waals surface area contributed by atoms with Crippen LogP contribution in [0.15, 0.2) is 59.5 Å². The summed E-state index contributed by atoms with van der Waals surface area (Å²) in [4.78, 5) is 17.3. The monoisotopic (exact) mass is 440 g/mol. The van der Waals surface area contributed by atoms with Crippen molar-refractivity contribution in [2.45, 2.75) is 25.2 Å². The zero-order valence-corrected chi connectivity index (χ0v) is 18.1. The molecule has 1 amide bonds. The first-order valence-electron chi connectivity index (χ1n) is 9.34. The molecule has 0 radical (unpaired) electrons. The number of para-hydroxylation sites is 1. The molecule has 2 aromatic carbocycles. The average Bonchev–Trinajstić information content (AvgIpc) is 3.29. The van der Waals surface area contributed by atoms with Gasteiger partial charge in [-0.05, 0) is 38.1 Å². The summed E-state index contributed by atoms with van der Waals surface area (Å²) < 4.78 is 27.6. The number of benzene rings is 2. The fraction of sp³-hybridized carbons (Fsp3) is 0.190. The molecule has 30 heavy (non-hydrogen) atoms. The Labute approximate surface area is 178 Å². The lowest BCUT2D eigenvalue weighted by Crippen LogP contribution is -2.19. The third-order valence-electron chi connectivity index (χ3n) is 4.54. The van der Waals surface area contributed by atoms with Crippen molar-refractivity contribution in [1.29, 1.82) is 0 Å². The van der Waals surface area contributed by atoms with Crippen molar-refractivity contribution >= 4 is 43.1 Å². The SMILES string of the molecule is Cc1ccc(S(=O)(=O)CCC(=O)Nc2cc(C)nn2-c2nc3ccccc3s2)cc1. The number of carbonyl (C=O) groups is 1. The largest absolute Gasteiger partial charge is 0.310 e. The summed E-state index contributed by atoms with van der Waals surface area (Å²) in [6.07, 6.45) is -0.152. The predicted molar refractivity (Wildman–Crippen MR) is 118 cm³/mol. The molecule has 0 saturated carbocycles. The fourth-order valence-electron chi connectivity index (χ4n) is 2.98. The molecule has 0 aliphatic rings. The maximum atomic E-state index is 12.5. The minimum absolute atomic E-state index is 0.152. The predicted octanol–water partition coefficient (Wildman–Crippen LogP) is 3.90. The molecule has 1 N–H and O–H groups in total. The number of hydrogen-bond acceptors (Lipinski definition) is 6. The van der Waals surface area contributed by atoms with Crippen LogP contribution in [-0.4, -0.2) is 34.8 Å². The number of aryl methyl sites for hydroxylation is 2. The first-order chi connectivity index (χ1) is 14.3. The van der Waals surface area contributed by atoms with E-state index in [-0.39, 0.29) is 17.1 Å². The molecule has 4 aromatic rings. The van der Waals surface area contributed by atoms with Gasteiger partial charge in [-0.2, -0.15) is 9.78 Å². The summed E-state index contributed by atoms with van der Waals surface area (Å²) in [5.41, 5.74) is 2.55. The molecule has 0 bridgehead atoms. The summed E-state index contributed by atoms with van der Waals surface area (Å²) in [5, 5.41) is 7.83. The second kappa shape index (κ2) is 8.00. The molecule has 0 saturated heterocycles. The number of rotatable bonds is 6. The van der Waals surface area contributed by atoms with Gasteiger partial charge in [-0.25, -0.2) is 13.4 Å². The van der Waals surface area contributed by atoms with E-state index in [0.29, 0.717) is 10.9 Å². The topological polar surface area (TPSA) is 94.0 Å². The highest BCUT2D eigenvalue weighted by molar-refractivity contribution is 7.91. The maximum absolute atomic E-state index is 12.5. The first kappa shape index (κ1) is 20.2. The molecular formula is C21H20N4O3S2. The van der Waals surface area contributed by atoms with Gasteiger partial charge in [-0.1, -0.05) is 41.2 Å². The van der Waals surface area contributed by atoms with Crippen molar-refractivity contribution in [3.63, 3.8) is 0 Å². The van der Waals surface area contributed by atoms with Crippen LogP contribution < -0.4 is 5.32 Å². The van der Waals surface area contributed by atoms with E-state index in [4.69, 9.17) is 0 Å². The van der Waals surface area contributed by atoms with Crippen LogP contribution in [0.25, 0.3) is 15.3 Å². The average molecular weight is 441 g/mol. The highest BCUT2D eigenvalue weighted by Crippen LogP contribution is 2.27. The van der Waals surface area contributed by atoms with Crippen molar-refractivity contribution in [3.05, 3.63) is 65.9 Å². The van der Waals surface area contributed by atoms with Gasteiger partial charge < -0.3 is 5.32 Å². The Bertz CT molecular complexity index is 1290. The van der Waals surface area contributed by atoms with Crippen LogP contribution in [0.1, 0.15) is 17.7 Å². The van der Waals surface area contributed by atoms with E-state index >= 15 is 0 Å². The lowest BCUT2D eigenvalue weighted by Gasteiger charge is -2.07. The normalized spacial score (nSPS) is 11.7. The number of fused-ring (bicyclic) bond motifs is 1. The molecule has 0 aliphatic heterocycles. The Morgan fingerprint density at radius 2 is 1.83 bits per heavy atom. The fourth-order valence-corrected chi connectivity index (χ4v) is 5.15. The van der Waals surface area contributed by atoms with Crippen molar-refractivity contribution in [3.8, 4) is 5.13 Å². The number of amides is 1. The second-order valence-corrected chi connectivity index (χ2v) is 10.1. The van der Waals surface area contributed by atoms with Crippen molar-refractivity contribution in [2.24, 2.45) is 0 Å². The minimum atomic E-state index is -3.53. The number of aromatic nitrogens is 3. The van der Waals surface area contributed by atoms with Crippen LogP contribution in [0, 0.1) is 13.8 Å². The highest BCUT2D eigenvalue weighted by atomic mass is 32.2. The third kappa shape index (κ3) is 4.27. The number of hydrogen-bond donors (Lipinski definition) is 1. The molecule has 0 aliphatic carbocycles. The Hall–Kier alpha value is -3.04. The number of carbonyl (C=O) groups excluding carboxylic acids is 1. The number of anilines is 1. The van der Waals surface area contributed by atoms with Crippen molar-refractivity contribution in [1.82, 2.24) is 14.8 Å². The standard InChI is InChI=1S/C21H20N4O3S2/c1-14-7-9-16(10-8-14)30(27,28)12-11-20(26)23-19-13-15(2)24-25(19)21-22-17-5-3-4-6-18(17)29-21/h3-10,13H,11-12H2,1-2H3,(H,23,26). The summed E-state index contributed by atoms with van der Waals surface area (Å²) in [6.45, 7) is 3.71. The molecule has 9 heteroatoms. The molecule has 0 unspecified atom stereocenters. The lowest BCUT2D eigenvalue weighted by atomic mass is 10.2. The lowest BCUT2D eigenvalue weighted by molar-refractivity contribution is -0.115. The van der Waals surface area contributed by atoms with Gasteiger partial charge in [0.15, 0.2) is 9.84 Å². The Morgan fingerprint density at radius 3 is 2.57 bits per heavy atom. The summed E-state index contributed by atoms with van der Waals surface area (Å²) >= 11 is 1.46. The molecule has 4 rings (SSSR count). The van der Waals surface area contributed by atoms with Gasteiger partial charge in [0.05, 0.1) is 26.6 Å². The Morgan fingerprint density at radius 1 is 1.10 bits per heavy atom. The first-order valence-corrected chi connectivity index (χ1v) is 11.8. The van der Waals surface area contributed by atoms with Crippen LogP contribution in [0.2, 0.25) is 0 Å². The van der Waals surface area contributed by atoms with E-state index in [1.54, 1.807) is 35.0 Å². The van der Waals surface area contributed by atoms with Gasteiger partial charge in [-0.3, -0.25) is 4.79 Å². The number of thiazole rings is 1. The Balaban J connectivity index is 1.49. The maximum Gasteiger partial charge on any atom is 0.226 e. The van der Waals surface area contributed by atoms with Gasteiger partial charge >= 0.3 is 0 Å². The molecule has 2 aromatic heterocycles. The van der Waals surface area contributed by atoms with Gasteiger partial charge in [0, 0.05) is 12.5 Å². The van der Waals surface area contributed by atoms with Crippen LogP contribution in [0.5, 0.6) is 0 Å². The number of nitrogens with one attached hydrogen (secondary N) is 1. The van der Waals surface area contributed by atoms with Crippen LogP contribution in [0.3, 0.4) is 0 Å². The third-order valence-corrected chi connectivity index (χ3v) is 7.28. The summed E-state index contributed by atoms with van der Waals surface area (Å²) in [5.74, 6) is -0.201. The highest BCUT2D eigenvalue weighted by Gasteiger charge is 2.18. The van der Waals surface area contributed by atoms with E-state index in [1.807, 2.05) is 38.1 Å². The van der Waals surface area contributed by atoms with Crippen LogP contribution in [0.4, 0.5) is 5.82 Å². The molecule has 154 valence electrons. The summed E-state index contributed by atoms with van der Waals surface area (Å²) in [7, 11) is -3.53. The number of sulfone groups is 1. The van der Waals surface area contributed by atoms with Crippen LogP contribution in [-0.2, 0) is 14.6 Å². The summed E-state index contributed by atoms with van der Waals surface area (Å²) in [6, 6.07) is 16.1. The van der Waals surface area contributed by atoms with Gasteiger partial charge in [0.25, 0.3) is 0 Å². The molecule has 7 nitrogen and oxygen atoms in total. The molecule has 0 atom stereocenters. The second-order valence-electron chi connectivity index (χ2n) is 6.98. The minimum Gasteiger partial charge on any atom is -0.310 e. The van der Waals surface area contributed by atoms with Crippen molar-refractivity contribution in [2.75, 3.05) is 11.1 Å². The molecule has 2 heterocycles. The van der Waals surface area contributed by atoms with E-state index in [2.05, 4.69) is 15.4 Å². The number of nitrogens with zero attached hydrogens (tertiary/aromatic N) is 3. The Kier molecular flexibility index (Phi) is 5.40. The zero-order valence-electron chi connectivity index (χ0n) is 16.5. The molecule has 0 fully saturated rings. The van der Waals surface area contributed by atoms with Gasteiger partial charge in [0.1, 0.15) is 5.82 Å². The van der Waals surface area contributed by atoms with Gasteiger partial charge in [0.2, 0.25) is 11.0 Å². The molecule has 0 spiro atoms. The van der Waals surface area contributed by atoms with E-state index in [1.165, 1.54) is 11.3 Å². The van der Waals surface area contributed by atoms with Gasteiger partial charge in [-0.15, -0.1) is 0 Å². The van der Waals surface area contributed by atoms with Crippen LogP contribution >= 0.6 is 11.3 Å². The smallest absolute Gasteiger partial charge is 0.226 e. The van der Waals surface area contributed by atoms with E-state index in [0.717, 1.165) is 21.5 Å².